The first-order valence-electron chi connectivity index (χ1n) is 6.08. The molecule has 0 bridgehead atoms. The second kappa shape index (κ2) is 5.58. The zero-order valence-electron chi connectivity index (χ0n) is 11.0. The van der Waals surface area contributed by atoms with Crippen molar-refractivity contribution in [1.82, 2.24) is 15.0 Å². The van der Waals surface area contributed by atoms with Gasteiger partial charge in [-0.25, -0.2) is 4.98 Å². The summed E-state index contributed by atoms with van der Waals surface area (Å²) < 4.78 is 5.33. The number of pyridine rings is 1. The molecule has 2 rings (SSSR count). The molecule has 0 atom stereocenters. The fraction of sp³-hybridized carbons (Fsp3) is 0.357. The summed E-state index contributed by atoms with van der Waals surface area (Å²) in [5.74, 6) is 1.35. The SMILES string of the molecule is CCCc1nc(-c2ccncc2)nc(OC)c1C. The van der Waals surface area contributed by atoms with Gasteiger partial charge in [0.05, 0.1) is 12.8 Å². The zero-order valence-corrected chi connectivity index (χ0v) is 11.0. The van der Waals surface area contributed by atoms with Crippen LogP contribution in [0.5, 0.6) is 5.88 Å². The smallest absolute Gasteiger partial charge is 0.219 e. The van der Waals surface area contributed by atoms with Crippen LogP contribution < -0.4 is 4.74 Å². The van der Waals surface area contributed by atoms with Gasteiger partial charge in [0.25, 0.3) is 0 Å². The number of nitrogens with zero attached hydrogens (tertiary/aromatic N) is 3. The molecule has 0 radical (unpaired) electrons. The van der Waals surface area contributed by atoms with Gasteiger partial charge in [0.2, 0.25) is 5.88 Å². The molecular formula is C14H17N3O. The largest absolute Gasteiger partial charge is 0.481 e. The number of aryl methyl sites for hydroxylation is 1. The Balaban J connectivity index is 2.52. The molecule has 0 amide bonds. The molecule has 0 aromatic carbocycles. The molecule has 0 aliphatic carbocycles. The maximum absolute atomic E-state index is 5.33. The topological polar surface area (TPSA) is 47.9 Å². The number of ether oxygens (including phenoxy) is 1. The molecule has 0 N–H and O–H groups in total. The van der Waals surface area contributed by atoms with Gasteiger partial charge in [-0.1, -0.05) is 13.3 Å². The maximum Gasteiger partial charge on any atom is 0.219 e. The Morgan fingerprint density at radius 2 is 1.89 bits per heavy atom. The summed E-state index contributed by atoms with van der Waals surface area (Å²) in [5.41, 5.74) is 3.04. The van der Waals surface area contributed by atoms with E-state index in [1.165, 1.54) is 0 Å². The van der Waals surface area contributed by atoms with E-state index >= 15 is 0 Å². The van der Waals surface area contributed by atoms with Gasteiger partial charge in [0.15, 0.2) is 5.82 Å². The summed E-state index contributed by atoms with van der Waals surface area (Å²) in [6, 6.07) is 3.81. The summed E-state index contributed by atoms with van der Waals surface area (Å²) in [6.07, 6.45) is 5.47. The molecule has 4 nitrogen and oxygen atoms in total. The molecule has 0 spiro atoms. The van der Waals surface area contributed by atoms with Crippen LogP contribution in [0.3, 0.4) is 0 Å². The zero-order chi connectivity index (χ0) is 13.0. The van der Waals surface area contributed by atoms with Gasteiger partial charge in [-0.2, -0.15) is 4.98 Å². The van der Waals surface area contributed by atoms with Crippen LogP contribution in [-0.2, 0) is 6.42 Å². The molecule has 0 aliphatic rings. The fourth-order valence-electron chi connectivity index (χ4n) is 1.85. The number of methoxy groups -OCH3 is 1. The summed E-state index contributed by atoms with van der Waals surface area (Å²) in [7, 11) is 1.64. The third-order valence-corrected chi connectivity index (χ3v) is 2.82. The molecule has 0 aliphatic heterocycles. The van der Waals surface area contributed by atoms with Crippen LogP contribution >= 0.6 is 0 Å². The van der Waals surface area contributed by atoms with Crippen LogP contribution in [0.1, 0.15) is 24.6 Å². The van der Waals surface area contributed by atoms with Gasteiger partial charge in [-0.05, 0) is 25.5 Å². The van der Waals surface area contributed by atoms with E-state index in [2.05, 4.69) is 21.9 Å². The third kappa shape index (κ3) is 2.47. The highest BCUT2D eigenvalue weighted by Gasteiger charge is 2.11. The summed E-state index contributed by atoms with van der Waals surface area (Å²) in [4.78, 5) is 13.1. The molecule has 2 heterocycles. The fourth-order valence-corrected chi connectivity index (χ4v) is 1.85. The van der Waals surface area contributed by atoms with Crippen molar-refractivity contribution in [2.45, 2.75) is 26.7 Å². The van der Waals surface area contributed by atoms with Gasteiger partial charge in [-0.3, -0.25) is 4.98 Å². The van der Waals surface area contributed by atoms with Gasteiger partial charge in [0.1, 0.15) is 0 Å². The van der Waals surface area contributed by atoms with Gasteiger partial charge in [0, 0.05) is 23.5 Å². The lowest BCUT2D eigenvalue weighted by atomic mass is 10.1. The van der Waals surface area contributed by atoms with Crippen LogP contribution in [0.15, 0.2) is 24.5 Å². The minimum atomic E-state index is 0.653. The van der Waals surface area contributed by atoms with Gasteiger partial charge in [-0.15, -0.1) is 0 Å². The number of hydrogen-bond acceptors (Lipinski definition) is 4. The minimum Gasteiger partial charge on any atom is -0.481 e. The highest BCUT2D eigenvalue weighted by atomic mass is 16.5. The van der Waals surface area contributed by atoms with Crippen molar-refractivity contribution in [3.8, 4) is 17.3 Å². The number of aromatic nitrogens is 3. The Kier molecular flexibility index (Phi) is 3.87. The van der Waals surface area contributed by atoms with E-state index in [4.69, 9.17) is 4.74 Å². The van der Waals surface area contributed by atoms with Crippen molar-refractivity contribution >= 4 is 0 Å². The maximum atomic E-state index is 5.33. The van der Waals surface area contributed by atoms with Crippen molar-refractivity contribution in [2.75, 3.05) is 7.11 Å². The van der Waals surface area contributed by atoms with E-state index in [1.807, 2.05) is 19.1 Å². The molecule has 0 fully saturated rings. The summed E-state index contributed by atoms with van der Waals surface area (Å²) in [5, 5.41) is 0. The number of rotatable bonds is 4. The Labute approximate surface area is 107 Å². The molecule has 0 saturated heterocycles. The first-order valence-corrected chi connectivity index (χ1v) is 6.08. The monoisotopic (exact) mass is 243 g/mol. The second-order valence-electron chi connectivity index (χ2n) is 4.11. The predicted octanol–water partition coefficient (Wildman–Crippen LogP) is 2.81. The normalized spacial score (nSPS) is 10.4. The van der Waals surface area contributed by atoms with E-state index in [0.29, 0.717) is 11.7 Å². The van der Waals surface area contributed by atoms with Crippen LogP contribution in [0.4, 0.5) is 0 Å². The minimum absolute atomic E-state index is 0.653. The van der Waals surface area contributed by atoms with E-state index in [0.717, 1.165) is 29.7 Å². The van der Waals surface area contributed by atoms with Crippen molar-refractivity contribution in [2.24, 2.45) is 0 Å². The third-order valence-electron chi connectivity index (χ3n) is 2.82. The van der Waals surface area contributed by atoms with Crippen LogP contribution in [0, 0.1) is 6.92 Å². The van der Waals surface area contributed by atoms with Crippen LogP contribution in [-0.4, -0.2) is 22.1 Å². The summed E-state index contributed by atoms with van der Waals surface area (Å²) >= 11 is 0. The highest BCUT2D eigenvalue weighted by Crippen LogP contribution is 2.23. The molecule has 0 unspecified atom stereocenters. The first kappa shape index (κ1) is 12.5. The lowest BCUT2D eigenvalue weighted by molar-refractivity contribution is 0.393. The van der Waals surface area contributed by atoms with Crippen LogP contribution in [0.25, 0.3) is 11.4 Å². The Morgan fingerprint density at radius 1 is 1.17 bits per heavy atom. The van der Waals surface area contributed by atoms with Gasteiger partial charge < -0.3 is 4.74 Å². The Bertz CT molecular complexity index is 526. The van der Waals surface area contributed by atoms with Crippen molar-refractivity contribution in [3.05, 3.63) is 35.8 Å². The van der Waals surface area contributed by atoms with Crippen molar-refractivity contribution < 1.29 is 4.74 Å². The quantitative estimate of drug-likeness (QED) is 0.828. The van der Waals surface area contributed by atoms with E-state index in [9.17, 15) is 0 Å². The van der Waals surface area contributed by atoms with Crippen LogP contribution in [0.2, 0.25) is 0 Å². The lowest BCUT2D eigenvalue weighted by Gasteiger charge is -2.10. The van der Waals surface area contributed by atoms with Gasteiger partial charge >= 0.3 is 0 Å². The molecular weight excluding hydrogens is 226 g/mol. The highest BCUT2D eigenvalue weighted by molar-refractivity contribution is 5.55. The molecule has 94 valence electrons. The van der Waals surface area contributed by atoms with E-state index < -0.39 is 0 Å². The standard InChI is InChI=1S/C14H17N3O/c1-4-5-12-10(2)14(18-3)17-13(16-12)11-6-8-15-9-7-11/h6-9H,4-5H2,1-3H3. The average Bonchev–Trinajstić information content (AvgIpc) is 2.42. The molecule has 2 aromatic heterocycles. The second-order valence-corrected chi connectivity index (χ2v) is 4.11. The molecule has 4 heteroatoms. The lowest BCUT2D eigenvalue weighted by Crippen LogP contribution is -2.03. The molecule has 2 aromatic rings. The van der Waals surface area contributed by atoms with Crippen molar-refractivity contribution in [1.29, 1.82) is 0 Å². The Hall–Kier alpha value is -1.97. The Morgan fingerprint density at radius 3 is 2.50 bits per heavy atom. The average molecular weight is 243 g/mol. The van der Waals surface area contributed by atoms with E-state index in [-0.39, 0.29) is 0 Å². The molecule has 18 heavy (non-hydrogen) atoms. The number of hydrogen-bond donors (Lipinski definition) is 0. The summed E-state index contributed by atoms with van der Waals surface area (Å²) in [6.45, 7) is 4.14. The van der Waals surface area contributed by atoms with E-state index in [1.54, 1.807) is 19.5 Å². The van der Waals surface area contributed by atoms with Crippen molar-refractivity contribution in [3.63, 3.8) is 0 Å². The first-order chi connectivity index (χ1) is 8.76. The molecule has 0 saturated carbocycles. The predicted molar refractivity (Wildman–Crippen MR) is 70.5 cm³/mol.